The van der Waals surface area contributed by atoms with Crippen LogP contribution < -0.4 is 9.80 Å². The molecule has 0 saturated carbocycles. The van der Waals surface area contributed by atoms with Crippen LogP contribution in [0.3, 0.4) is 0 Å². The highest BCUT2D eigenvalue weighted by Crippen LogP contribution is 2.32. The van der Waals surface area contributed by atoms with Gasteiger partial charge in [0.05, 0.1) is 12.1 Å². The maximum Gasteiger partial charge on any atom is 0.425 e. The quantitative estimate of drug-likeness (QED) is 0.439. The van der Waals surface area contributed by atoms with Crippen LogP contribution in [0.2, 0.25) is 0 Å². The molecule has 2 heterocycles. The van der Waals surface area contributed by atoms with E-state index in [-0.39, 0.29) is 5.82 Å². The fourth-order valence-corrected chi connectivity index (χ4v) is 3.44. The molecule has 0 spiro atoms. The van der Waals surface area contributed by atoms with Gasteiger partial charge in [-0.25, -0.2) is 14.4 Å². The second-order valence-electron chi connectivity index (χ2n) is 9.19. The van der Waals surface area contributed by atoms with Gasteiger partial charge in [0.25, 0.3) is 0 Å². The fraction of sp³-hybridized carbons (Fsp3) is 0.500. The molecule has 0 atom stereocenters. The van der Waals surface area contributed by atoms with Crippen LogP contribution in [0.4, 0.5) is 26.2 Å². The maximum absolute atomic E-state index is 12.9. The van der Waals surface area contributed by atoms with E-state index in [1.165, 1.54) is 18.4 Å². The van der Waals surface area contributed by atoms with E-state index < -0.39 is 29.4 Å². The summed E-state index contributed by atoms with van der Waals surface area (Å²) >= 11 is 1.23. The van der Waals surface area contributed by atoms with Crippen molar-refractivity contribution in [3.05, 3.63) is 28.6 Å². The molecule has 180 valence electrons. The Balaban J connectivity index is 2.41. The number of thiophene rings is 1. The van der Waals surface area contributed by atoms with E-state index in [2.05, 4.69) is 10.2 Å². The summed E-state index contributed by atoms with van der Waals surface area (Å²) in [6.45, 7) is 11.8. The number of esters is 1. The number of carbonyl (C=O) groups excluding carboxylic acids is 3. The third-order valence-electron chi connectivity index (χ3n) is 3.96. The van der Waals surface area contributed by atoms with E-state index in [9.17, 15) is 14.4 Å². The number of methoxy groups -OCH3 is 1. The zero-order valence-corrected chi connectivity index (χ0v) is 21.2. The Kier molecular flexibility index (Phi) is 7.68. The smallest absolute Gasteiger partial charge is 0.425 e. The van der Waals surface area contributed by atoms with Crippen molar-refractivity contribution in [1.82, 2.24) is 10.2 Å². The zero-order chi connectivity index (χ0) is 25.1. The van der Waals surface area contributed by atoms with Crippen LogP contribution in [-0.2, 0) is 14.2 Å². The van der Waals surface area contributed by atoms with Gasteiger partial charge in [0, 0.05) is 7.05 Å². The van der Waals surface area contributed by atoms with Crippen LogP contribution in [0, 0.1) is 6.92 Å². The van der Waals surface area contributed by atoms with Gasteiger partial charge in [-0.2, -0.15) is 4.90 Å². The molecule has 0 fully saturated rings. The summed E-state index contributed by atoms with van der Waals surface area (Å²) in [5, 5.41) is 9.04. The second kappa shape index (κ2) is 9.74. The zero-order valence-electron chi connectivity index (χ0n) is 20.4. The molecule has 0 aromatic carbocycles. The van der Waals surface area contributed by atoms with Crippen LogP contribution in [0.1, 0.15) is 56.8 Å². The number of carbonyl (C=O) groups is 3. The van der Waals surface area contributed by atoms with Crippen molar-refractivity contribution < 1.29 is 28.6 Å². The molecule has 0 radical (unpaired) electrons. The second-order valence-corrected chi connectivity index (χ2v) is 10.3. The molecular weight excluding hydrogens is 448 g/mol. The molecule has 0 unspecified atom stereocenters. The Hall–Kier alpha value is -3.21. The van der Waals surface area contributed by atoms with Crippen LogP contribution in [0.25, 0.3) is 0 Å². The molecule has 11 heteroatoms. The minimum Gasteiger partial charge on any atom is -0.465 e. The van der Waals surface area contributed by atoms with Crippen molar-refractivity contribution in [2.75, 3.05) is 24.0 Å². The summed E-state index contributed by atoms with van der Waals surface area (Å²) in [5.74, 6) is 0.0162. The lowest BCUT2D eigenvalue weighted by Gasteiger charge is -2.28. The summed E-state index contributed by atoms with van der Waals surface area (Å²) < 4.78 is 15.5. The summed E-state index contributed by atoms with van der Waals surface area (Å²) in [6, 6.07) is 5.08. The highest BCUT2D eigenvalue weighted by molar-refractivity contribution is 7.17. The van der Waals surface area contributed by atoms with Gasteiger partial charge in [-0.05, 0) is 72.2 Å². The highest BCUT2D eigenvalue weighted by atomic mass is 32.1. The number of amides is 2. The van der Waals surface area contributed by atoms with Gasteiger partial charge in [0.2, 0.25) is 0 Å². The Morgan fingerprint density at radius 3 is 1.94 bits per heavy atom. The molecular formula is C22H30N4O6S. The lowest BCUT2D eigenvalue weighted by molar-refractivity contribution is 0.0427. The fourth-order valence-electron chi connectivity index (χ4n) is 2.54. The lowest BCUT2D eigenvalue weighted by Crippen LogP contribution is -2.44. The average molecular weight is 479 g/mol. The number of anilines is 3. The number of aromatic nitrogens is 2. The number of ether oxygens (including phenoxy) is 3. The third-order valence-corrected chi connectivity index (χ3v) is 5.10. The average Bonchev–Trinajstić information content (AvgIpc) is 3.15. The van der Waals surface area contributed by atoms with Gasteiger partial charge < -0.3 is 19.1 Å². The van der Waals surface area contributed by atoms with Crippen molar-refractivity contribution in [2.45, 2.75) is 59.7 Å². The van der Waals surface area contributed by atoms with Gasteiger partial charge in [0.15, 0.2) is 11.6 Å². The summed E-state index contributed by atoms with van der Waals surface area (Å²) in [7, 11) is 3.08. The SMILES string of the molecule is COC(=O)c1ccc(N(C)c2cc(C)c(N(C(=O)OC(C)(C)C)C(=O)OC(C)(C)C)nn2)s1. The molecule has 0 saturated heterocycles. The molecule has 2 aromatic heterocycles. The van der Waals surface area contributed by atoms with Gasteiger partial charge in [-0.3, -0.25) is 0 Å². The van der Waals surface area contributed by atoms with Crippen LogP contribution in [-0.4, -0.2) is 53.7 Å². The number of hydrogen-bond donors (Lipinski definition) is 0. The lowest BCUT2D eigenvalue weighted by atomic mass is 10.2. The monoisotopic (exact) mass is 478 g/mol. The first-order valence-corrected chi connectivity index (χ1v) is 11.0. The molecule has 2 rings (SSSR count). The van der Waals surface area contributed by atoms with E-state index in [0.29, 0.717) is 16.3 Å². The summed E-state index contributed by atoms with van der Waals surface area (Å²) in [5.41, 5.74) is -1.18. The molecule has 2 amide bonds. The number of aryl methyl sites for hydroxylation is 1. The van der Waals surface area contributed by atoms with E-state index in [0.717, 1.165) is 9.90 Å². The maximum atomic E-state index is 12.9. The molecule has 2 aromatic rings. The molecule has 33 heavy (non-hydrogen) atoms. The van der Waals surface area contributed by atoms with E-state index >= 15 is 0 Å². The Bertz CT molecular complexity index is 1010. The normalized spacial score (nSPS) is 11.5. The third kappa shape index (κ3) is 6.88. The molecule has 0 bridgehead atoms. The predicted octanol–water partition coefficient (Wildman–Crippen LogP) is 5.08. The van der Waals surface area contributed by atoms with Crippen molar-refractivity contribution in [3.8, 4) is 0 Å². The highest BCUT2D eigenvalue weighted by Gasteiger charge is 2.35. The first-order chi connectivity index (χ1) is 15.1. The minimum atomic E-state index is -0.920. The van der Waals surface area contributed by atoms with E-state index in [1.54, 1.807) is 78.6 Å². The molecule has 10 nitrogen and oxygen atoms in total. The number of nitrogens with zero attached hydrogens (tertiary/aromatic N) is 4. The summed E-state index contributed by atoms with van der Waals surface area (Å²) in [6.07, 6.45) is -1.84. The number of rotatable bonds is 4. The number of hydrogen-bond acceptors (Lipinski definition) is 10. The molecule has 0 aliphatic heterocycles. The first kappa shape index (κ1) is 26.0. The first-order valence-electron chi connectivity index (χ1n) is 10.1. The Morgan fingerprint density at radius 2 is 1.48 bits per heavy atom. The largest absolute Gasteiger partial charge is 0.465 e. The van der Waals surface area contributed by atoms with Gasteiger partial charge >= 0.3 is 18.2 Å². The van der Waals surface area contributed by atoms with E-state index in [4.69, 9.17) is 14.2 Å². The Labute approximate surface area is 197 Å². The molecule has 0 N–H and O–H groups in total. The van der Waals surface area contributed by atoms with Gasteiger partial charge in [-0.1, -0.05) is 0 Å². The summed E-state index contributed by atoms with van der Waals surface area (Å²) in [4.78, 5) is 40.4. The number of imide groups is 1. The molecule has 0 aliphatic rings. The standard InChI is InChI=1S/C22H30N4O6S/c1-13-12-15(25(8)16-11-10-14(33-16)18(27)30-9)23-24-17(13)26(19(28)31-21(2,3)4)20(29)32-22(5,6)7/h10-12H,1-9H3. The van der Waals surface area contributed by atoms with E-state index in [1.807, 2.05) is 0 Å². The predicted molar refractivity (Wildman–Crippen MR) is 125 cm³/mol. The van der Waals surface area contributed by atoms with Gasteiger partial charge in [-0.15, -0.1) is 21.5 Å². The topological polar surface area (TPSA) is 111 Å². The van der Waals surface area contributed by atoms with Gasteiger partial charge in [0.1, 0.15) is 16.1 Å². The van der Waals surface area contributed by atoms with Crippen molar-refractivity contribution >= 4 is 46.1 Å². The van der Waals surface area contributed by atoms with Crippen LogP contribution in [0.5, 0.6) is 0 Å². The van der Waals surface area contributed by atoms with Crippen molar-refractivity contribution in [2.24, 2.45) is 0 Å². The molecule has 0 aliphatic carbocycles. The Morgan fingerprint density at radius 1 is 0.939 bits per heavy atom. The van der Waals surface area contributed by atoms with Crippen LogP contribution >= 0.6 is 11.3 Å². The minimum absolute atomic E-state index is 0.00270. The van der Waals surface area contributed by atoms with Crippen LogP contribution in [0.15, 0.2) is 18.2 Å². The van der Waals surface area contributed by atoms with Crippen molar-refractivity contribution in [3.63, 3.8) is 0 Å². The van der Waals surface area contributed by atoms with Crippen molar-refractivity contribution in [1.29, 1.82) is 0 Å².